The van der Waals surface area contributed by atoms with Crippen molar-refractivity contribution >= 4 is 5.91 Å². The molecule has 100 valence electrons. The van der Waals surface area contributed by atoms with Gasteiger partial charge in [-0.25, -0.2) is 0 Å². The monoisotopic (exact) mass is 242 g/mol. The highest BCUT2D eigenvalue weighted by molar-refractivity contribution is 5.76. The van der Waals surface area contributed by atoms with Crippen molar-refractivity contribution in [2.24, 2.45) is 0 Å². The first-order valence-corrected chi connectivity index (χ1v) is 6.84. The number of carbonyl (C=O) groups excluding carboxylic acids is 1. The zero-order valence-electron chi connectivity index (χ0n) is 11.1. The Morgan fingerprint density at radius 1 is 1.47 bits per heavy atom. The van der Waals surface area contributed by atoms with Crippen molar-refractivity contribution in [3.8, 4) is 0 Å². The van der Waals surface area contributed by atoms with Gasteiger partial charge in [0.25, 0.3) is 0 Å². The minimum Gasteiger partial charge on any atom is -0.378 e. The van der Waals surface area contributed by atoms with Gasteiger partial charge in [0.1, 0.15) is 0 Å². The van der Waals surface area contributed by atoms with Gasteiger partial charge in [-0.15, -0.1) is 0 Å². The number of ether oxygens (including phenoxy) is 1. The molecule has 0 spiro atoms. The van der Waals surface area contributed by atoms with Gasteiger partial charge in [0.05, 0.1) is 6.10 Å². The molecule has 2 atom stereocenters. The van der Waals surface area contributed by atoms with Crippen LogP contribution >= 0.6 is 0 Å². The van der Waals surface area contributed by atoms with Gasteiger partial charge in [0.15, 0.2) is 0 Å². The van der Waals surface area contributed by atoms with Gasteiger partial charge < -0.3 is 15.4 Å². The molecule has 2 unspecified atom stereocenters. The Morgan fingerprint density at radius 2 is 2.29 bits per heavy atom. The minimum absolute atomic E-state index is 0.134. The summed E-state index contributed by atoms with van der Waals surface area (Å²) in [5.74, 6) is 0.134. The first-order valence-electron chi connectivity index (χ1n) is 6.84. The molecule has 1 aliphatic rings. The molecule has 0 saturated carbocycles. The summed E-state index contributed by atoms with van der Waals surface area (Å²) in [5.41, 5.74) is 0. The zero-order chi connectivity index (χ0) is 12.5. The fourth-order valence-corrected chi connectivity index (χ4v) is 2.18. The maximum absolute atomic E-state index is 11.6. The van der Waals surface area contributed by atoms with E-state index in [0.717, 1.165) is 32.5 Å². The summed E-state index contributed by atoms with van der Waals surface area (Å²) < 4.78 is 5.62. The molecular formula is C13H26N2O2. The summed E-state index contributed by atoms with van der Waals surface area (Å²) in [6.07, 6.45) is 5.44. The summed E-state index contributed by atoms with van der Waals surface area (Å²) in [5, 5.41) is 6.19. The SMILES string of the molecule is CCNC(C)CC(=O)NCCC1CCCCO1. The van der Waals surface area contributed by atoms with Gasteiger partial charge in [-0.2, -0.15) is 0 Å². The van der Waals surface area contributed by atoms with E-state index in [4.69, 9.17) is 4.74 Å². The summed E-state index contributed by atoms with van der Waals surface area (Å²) in [6.45, 7) is 6.62. The van der Waals surface area contributed by atoms with Crippen LogP contribution in [0, 0.1) is 0 Å². The highest BCUT2D eigenvalue weighted by atomic mass is 16.5. The molecule has 0 bridgehead atoms. The second-order valence-electron chi connectivity index (χ2n) is 4.79. The van der Waals surface area contributed by atoms with Crippen LogP contribution < -0.4 is 10.6 Å². The fourth-order valence-electron chi connectivity index (χ4n) is 2.18. The predicted octanol–water partition coefficient (Wildman–Crippen LogP) is 1.45. The summed E-state index contributed by atoms with van der Waals surface area (Å²) >= 11 is 0. The lowest BCUT2D eigenvalue weighted by atomic mass is 10.1. The molecular weight excluding hydrogens is 216 g/mol. The number of amides is 1. The van der Waals surface area contributed by atoms with Gasteiger partial charge in [0.2, 0.25) is 5.91 Å². The van der Waals surface area contributed by atoms with Crippen LogP contribution in [0.1, 0.15) is 46.0 Å². The molecule has 0 aromatic rings. The molecule has 0 aliphatic carbocycles. The molecule has 17 heavy (non-hydrogen) atoms. The number of nitrogens with one attached hydrogen (secondary N) is 2. The average Bonchev–Trinajstić information content (AvgIpc) is 2.30. The smallest absolute Gasteiger partial charge is 0.221 e. The third-order valence-electron chi connectivity index (χ3n) is 3.11. The minimum atomic E-state index is 0.134. The molecule has 0 radical (unpaired) electrons. The quantitative estimate of drug-likeness (QED) is 0.710. The Morgan fingerprint density at radius 3 is 2.94 bits per heavy atom. The van der Waals surface area contributed by atoms with Crippen LogP contribution in [0.25, 0.3) is 0 Å². The molecule has 1 aliphatic heterocycles. The number of carbonyl (C=O) groups is 1. The van der Waals surface area contributed by atoms with Crippen LogP contribution in [-0.4, -0.2) is 37.7 Å². The van der Waals surface area contributed by atoms with E-state index in [1.165, 1.54) is 12.8 Å². The Labute approximate surface area is 104 Å². The molecule has 4 heteroatoms. The molecule has 1 heterocycles. The van der Waals surface area contributed by atoms with E-state index in [-0.39, 0.29) is 11.9 Å². The van der Waals surface area contributed by atoms with E-state index in [9.17, 15) is 4.79 Å². The lowest BCUT2D eigenvalue weighted by Gasteiger charge is -2.22. The highest BCUT2D eigenvalue weighted by Crippen LogP contribution is 2.14. The molecule has 0 aromatic carbocycles. The molecule has 1 rings (SSSR count). The third kappa shape index (κ3) is 6.64. The summed E-state index contributed by atoms with van der Waals surface area (Å²) in [7, 11) is 0. The van der Waals surface area contributed by atoms with E-state index in [0.29, 0.717) is 12.5 Å². The van der Waals surface area contributed by atoms with Crippen LogP contribution in [0.15, 0.2) is 0 Å². The lowest BCUT2D eigenvalue weighted by Crippen LogP contribution is -2.35. The van der Waals surface area contributed by atoms with Crippen LogP contribution in [0.5, 0.6) is 0 Å². The predicted molar refractivity (Wildman–Crippen MR) is 69.0 cm³/mol. The maximum atomic E-state index is 11.6. The van der Waals surface area contributed by atoms with Crippen LogP contribution in [0.3, 0.4) is 0 Å². The topological polar surface area (TPSA) is 50.4 Å². The van der Waals surface area contributed by atoms with E-state index in [1.54, 1.807) is 0 Å². The number of rotatable bonds is 7. The van der Waals surface area contributed by atoms with Gasteiger partial charge in [-0.3, -0.25) is 4.79 Å². The van der Waals surface area contributed by atoms with Crippen molar-refractivity contribution in [1.82, 2.24) is 10.6 Å². The van der Waals surface area contributed by atoms with E-state index >= 15 is 0 Å². The van der Waals surface area contributed by atoms with Gasteiger partial charge in [-0.1, -0.05) is 6.92 Å². The Hall–Kier alpha value is -0.610. The van der Waals surface area contributed by atoms with Crippen molar-refractivity contribution in [2.75, 3.05) is 19.7 Å². The Bertz CT molecular complexity index is 215. The molecule has 2 N–H and O–H groups in total. The Kier molecular flexibility index (Phi) is 7.21. The molecule has 1 amide bonds. The van der Waals surface area contributed by atoms with Crippen molar-refractivity contribution < 1.29 is 9.53 Å². The van der Waals surface area contributed by atoms with E-state index < -0.39 is 0 Å². The fraction of sp³-hybridized carbons (Fsp3) is 0.923. The van der Waals surface area contributed by atoms with Gasteiger partial charge in [-0.05, 0) is 39.2 Å². The summed E-state index contributed by atoms with van der Waals surface area (Å²) in [4.78, 5) is 11.6. The zero-order valence-corrected chi connectivity index (χ0v) is 11.1. The van der Waals surface area contributed by atoms with Crippen LogP contribution in [-0.2, 0) is 9.53 Å². The molecule has 0 aromatic heterocycles. The maximum Gasteiger partial charge on any atom is 0.221 e. The standard InChI is InChI=1S/C13H26N2O2/c1-3-14-11(2)10-13(16)15-8-7-12-6-4-5-9-17-12/h11-12,14H,3-10H2,1-2H3,(H,15,16). The van der Waals surface area contributed by atoms with E-state index in [1.807, 2.05) is 6.92 Å². The van der Waals surface area contributed by atoms with Gasteiger partial charge >= 0.3 is 0 Å². The van der Waals surface area contributed by atoms with Crippen molar-refractivity contribution in [3.63, 3.8) is 0 Å². The summed E-state index contributed by atoms with van der Waals surface area (Å²) in [6, 6.07) is 0.255. The average molecular weight is 242 g/mol. The lowest BCUT2D eigenvalue weighted by molar-refractivity contribution is -0.121. The number of hydrogen-bond acceptors (Lipinski definition) is 3. The Balaban J connectivity index is 2.03. The molecule has 1 fully saturated rings. The van der Waals surface area contributed by atoms with Crippen molar-refractivity contribution in [3.05, 3.63) is 0 Å². The van der Waals surface area contributed by atoms with Crippen molar-refractivity contribution in [2.45, 2.75) is 58.1 Å². The largest absolute Gasteiger partial charge is 0.378 e. The first-order chi connectivity index (χ1) is 8.22. The normalized spacial score (nSPS) is 22.1. The second-order valence-corrected chi connectivity index (χ2v) is 4.79. The second kappa shape index (κ2) is 8.48. The van der Waals surface area contributed by atoms with E-state index in [2.05, 4.69) is 17.6 Å². The van der Waals surface area contributed by atoms with Gasteiger partial charge in [0, 0.05) is 25.6 Å². The molecule has 1 saturated heterocycles. The first kappa shape index (κ1) is 14.5. The van der Waals surface area contributed by atoms with Crippen LogP contribution in [0.2, 0.25) is 0 Å². The number of hydrogen-bond donors (Lipinski definition) is 2. The highest BCUT2D eigenvalue weighted by Gasteiger charge is 2.14. The van der Waals surface area contributed by atoms with Crippen LogP contribution in [0.4, 0.5) is 0 Å². The third-order valence-corrected chi connectivity index (χ3v) is 3.11. The molecule has 4 nitrogen and oxygen atoms in total. The van der Waals surface area contributed by atoms with Crippen molar-refractivity contribution in [1.29, 1.82) is 0 Å².